The predicted octanol–water partition coefficient (Wildman–Crippen LogP) is 2.03. The normalized spacial score (nSPS) is 13.6. The zero-order valence-electron chi connectivity index (χ0n) is 16.0. The minimum absolute atomic E-state index is 0.131. The van der Waals surface area contributed by atoms with Gasteiger partial charge in [0.2, 0.25) is 5.91 Å². The lowest BCUT2D eigenvalue weighted by molar-refractivity contribution is -0.384. The van der Waals surface area contributed by atoms with Gasteiger partial charge in [0.25, 0.3) is 11.6 Å². The Balaban J connectivity index is 1.52. The van der Waals surface area contributed by atoms with Crippen LogP contribution >= 0.6 is 0 Å². The molecule has 0 saturated carbocycles. The molecule has 0 atom stereocenters. The summed E-state index contributed by atoms with van der Waals surface area (Å²) in [4.78, 5) is 41.2. The molecule has 1 aliphatic rings. The van der Waals surface area contributed by atoms with Gasteiger partial charge in [-0.2, -0.15) is 0 Å². The molecule has 0 spiro atoms. The Kier molecular flexibility index (Phi) is 6.72. The predicted molar refractivity (Wildman–Crippen MR) is 108 cm³/mol. The van der Waals surface area contributed by atoms with E-state index in [0.717, 1.165) is 37.3 Å². The van der Waals surface area contributed by atoms with Crippen LogP contribution in [0.2, 0.25) is 0 Å². The lowest BCUT2D eigenvalue weighted by atomic mass is 10.1. The number of benzene rings is 1. The van der Waals surface area contributed by atoms with E-state index in [4.69, 9.17) is 0 Å². The summed E-state index contributed by atoms with van der Waals surface area (Å²) < 4.78 is 0. The summed E-state index contributed by atoms with van der Waals surface area (Å²) in [5.41, 5.74) is 0.878. The smallest absolute Gasteiger partial charge is 0.270 e. The number of hydrogen-bond donors (Lipinski definition) is 2. The molecule has 1 aromatic heterocycles. The van der Waals surface area contributed by atoms with E-state index in [0.29, 0.717) is 6.54 Å². The molecule has 152 valence electrons. The second-order valence-electron chi connectivity index (χ2n) is 6.80. The van der Waals surface area contributed by atoms with Crippen LogP contribution < -0.4 is 15.5 Å². The number of aromatic nitrogens is 1. The summed E-state index contributed by atoms with van der Waals surface area (Å²) in [6.07, 6.45) is 5.23. The molecular formula is C20H23N5O4. The number of carbonyl (C=O) groups is 2. The number of pyridine rings is 1. The van der Waals surface area contributed by atoms with Crippen molar-refractivity contribution in [3.63, 3.8) is 0 Å². The number of piperidine rings is 1. The summed E-state index contributed by atoms with van der Waals surface area (Å²) in [6.45, 7) is 2.00. The average molecular weight is 397 g/mol. The third kappa shape index (κ3) is 5.50. The number of nitrogens with zero attached hydrogens (tertiary/aromatic N) is 3. The fourth-order valence-corrected chi connectivity index (χ4v) is 3.24. The van der Waals surface area contributed by atoms with Crippen molar-refractivity contribution < 1.29 is 14.5 Å². The summed E-state index contributed by atoms with van der Waals surface area (Å²) in [7, 11) is 0. The maximum Gasteiger partial charge on any atom is 0.270 e. The van der Waals surface area contributed by atoms with Crippen LogP contribution in [0.4, 0.5) is 11.5 Å². The molecule has 9 heteroatoms. The number of non-ortho nitro benzene ring substituents is 1. The molecule has 2 aromatic rings. The van der Waals surface area contributed by atoms with E-state index in [1.807, 2.05) is 12.1 Å². The molecule has 1 aromatic carbocycles. The molecule has 1 saturated heterocycles. The second-order valence-corrected chi connectivity index (χ2v) is 6.80. The number of nitrogens with one attached hydrogen (secondary N) is 2. The van der Waals surface area contributed by atoms with E-state index in [2.05, 4.69) is 20.5 Å². The molecule has 1 fully saturated rings. The number of anilines is 1. The number of carbonyl (C=O) groups excluding carboxylic acids is 2. The highest BCUT2D eigenvalue weighted by Crippen LogP contribution is 2.21. The number of nitro groups is 1. The minimum atomic E-state index is -0.572. The van der Waals surface area contributed by atoms with Crippen molar-refractivity contribution in [3.8, 4) is 0 Å². The van der Waals surface area contributed by atoms with Crippen LogP contribution in [0.3, 0.4) is 0 Å². The van der Waals surface area contributed by atoms with Gasteiger partial charge in [-0.15, -0.1) is 0 Å². The Morgan fingerprint density at radius 1 is 1.10 bits per heavy atom. The van der Waals surface area contributed by atoms with Gasteiger partial charge in [0.05, 0.1) is 11.5 Å². The molecule has 2 heterocycles. The topological polar surface area (TPSA) is 117 Å². The van der Waals surface area contributed by atoms with Crippen LogP contribution in [0, 0.1) is 10.1 Å². The van der Waals surface area contributed by atoms with Gasteiger partial charge in [-0.1, -0.05) is 12.1 Å². The van der Waals surface area contributed by atoms with Gasteiger partial charge in [0.1, 0.15) is 5.82 Å². The molecule has 0 unspecified atom stereocenters. The van der Waals surface area contributed by atoms with Crippen LogP contribution in [0.5, 0.6) is 0 Å². The van der Waals surface area contributed by atoms with Crippen molar-refractivity contribution in [2.75, 3.05) is 24.5 Å². The van der Waals surface area contributed by atoms with Crippen molar-refractivity contribution in [1.29, 1.82) is 0 Å². The first-order valence-electron chi connectivity index (χ1n) is 9.53. The van der Waals surface area contributed by atoms with Gasteiger partial charge >= 0.3 is 0 Å². The summed E-state index contributed by atoms with van der Waals surface area (Å²) >= 11 is 0. The molecule has 9 nitrogen and oxygen atoms in total. The highest BCUT2D eigenvalue weighted by atomic mass is 16.6. The zero-order valence-corrected chi connectivity index (χ0v) is 16.0. The molecule has 0 bridgehead atoms. The van der Waals surface area contributed by atoms with Crippen molar-refractivity contribution in [1.82, 2.24) is 15.6 Å². The highest BCUT2D eigenvalue weighted by Gasteiger charge is 2.16. The molecule has 1 aliphatic heterocycles. The summed E-state index contributed by atoms with van der Waals surface area (Å²) in [5, 5.41) is 16.1. The van der Waals surface area contributed by atoms with Crippen LogP contribution in [0.1, 0.15) is 35.2 Å². The van der Waals surface area contributed by atoms with Gasteiger partial charge in [-0.05, 0) is 31.4 Å². The number of nitro benzene ring substituents is 1. The largest absolute Gasteiger partial charge is 0.356 e. The lowest BCUT2D eigenvalue weighted by Gasteiger charge is -2.29. The lowest BCUT2D eigenvalue weighted by Crippen LogP contribution is -2.37. The summed E-state index contributed by atoms with van der Waals surface area (Å²) in [6, 6.07) is 9.13. The van der Waals surface area contributed by atoms with Crippen molar-refractivity contribution >= 4 is 23.3 Å². The maximum atomic E-state index is 12.1. The van der Waals surface area contributed by atoms with Crippen LogP contribution in [-0.2, 0) is 11.3 Å². The molecule has 2 amide bonds. The van der Waals surface area contributed by atoms with E-state index in [9.17, 15) is 19.7 Å². The first-order chi connectivity index (χ1) is 14.0. The SMILES string of the molecule is O=C(CNC(=O)c1cccc([N+](=O)[O-])c1)NCc1cccnc1N1CCCCC1. The van der Waals surface area contributed by atoms with Gasteiger partial charge in [-0.3, -0.25) is 19.7 Å². The van der Waals surface area contributed by atoms with Gasteiger partial charge in [0, 0.05) is 49.1 Å². The Labute approximate surface area is 168 Å². The van der Waals surface area contributed by atoms with Crippen molar-refractivity contribution in [2.24, 2.45) is 0 Å². The standard InChI is InChI=1S/C20H23N5O4/c26-18(14-23-20(27)15-6-4-8-17(12-15)25(28)29)22-13-16-7-5-9-21-19(16)24-10-2-1-3-11-24/h4-9,12H,1-3,10-11,13-14H2,(H,22,26)(H,23,27). The fraction of sp³-hybridized carbons (Fsp3) is 0.350. The van der Waals surface area contributed by atoms with Crippen LogP contribution in [0.25, 0.3) is 0 Å². The monoisotopic (exact) mass is 397 g/mol. The van der Waals surface area contributed by atoms with Crippen LogP contribution in [0.15, 0.2) is 42.6 Å². The van der Waals surface area contributed by atoms with E-state index in [1.165, 1.54) is 30.7 Å². The molecule has 0 aliphatic carbocycles. The highest BCUT2D eigenvalue weighted by molar-refractivity contribution is 5.96. The molecule has 29 heavy (non-hydrogen) atoms. The quantitative estimate of drug-likeness (QED) is 0.545. The fourth-order valence-electron chi connectivity index (χ4n) is 3.24. The zero-order chi connectivity index (χ0) is 20.6. The maximum absolute atomic E-state index is 12.1. The molecule has 3 rings (SSSR count). The Morgan fingerprint density at radius 2 is 1.90 bits per heavy atom. The van der Waals surface area contributed by atoms with E-state index >= 15 is 0 Å². The van der Waals surface area contributed by atoms with E-state index in [1.54, 1.807) is 6.20 Å². The summed E-state index contributed by atoms with van der Waals surface area (Å²) in [5.74, 6) is -0.00964. The van der Waals surface area contributed by atoms with Crippen LogP contribution in [-0.4, -0.2) is 41.4 Å². The van der Waals surface area contributed by atoms with Gasteiger partial charge < -0.3 is 15.5 Å². The number of amides is 2. The Bertz CT molecular complexity index is 896. The Hall–Kier alpha value is -3.49. The third-order valence-corrected chi connectivity index (χ3v) is 4.73. The minimum Gasteiger partial charge on any atom is -0.356 e. The van der Waals surface area contributed by atoms with Gasteiger partial charge in [0.15, 0.2) is 0 Å². The van der Waals surface area contributed by atoms with Gasteiger partial charge in [-0.25, -0.2) is 4.98 Å². The first kappa shape index (κ1) is 20.2. The Morgan fingerprint density at radius 3 is 2.66 bits per heavy atom. The number of hydrogen-bond acceptors (Lipinski definition) is 6. The average Bonchev–Trinajstić information content (AvgIpc) is 2.77. The molecular weight excluding hydrogens is 374 g/mol. The van der Waals surface area contributed by atoms with E-state index in [-0.39, 0.29) is 23.7 Å². The van der Waals surface area contributed by atoms with E-state index < -0.39 is 10.8 Å². The van der Waals surface area contributed by atoms with Crippen molar-refractivity contribution in [2.45, 2.75) is 25.8 Å². The molecule has 0 radical (unpaired) electrons. The molecule has 2 N–H and O–H groups in total. The first-order valence-corrected chi connectivity index (χ1v) is 9.53. The van der Waals surface area contributed by atoms with Crippen molar-refractivity contribution in [3.05, 3.63) is 63.8 Å². The second kappa shape index (κ2) is 9.63. The third-order valence-electron chi connectivity index (χ3n) is 4.73. The number of rotatable bonds is 7.